The molecule has 86 valence electrons. The van der Waals surface area contributed by atoms with E-state index in [1.165, 1.54) is 5.56 Å². The molecule has 0 saturated carbocycles. The van der Waals surface area contributed by atoms with Crippen LogP contribution in [0.3, 0.4) is 0 Å². The number of nitrogens with zero attached hydrogens (tertiary/aromatic N) is 3. The van der Waals surface area contributed by atoms with E-state index in [0.717, 1.165) is 17.9 Å². The summed E-state index contributed by atoms with van der Waals surface area (Å²) in [6.07, 6.45) is 2.91. The van der Waals surface area contributed by atoms with Gasteiger partial charge in [0, 0.05) is 18.2 Å². The van der Waals surface area contributed by atoms with E-state index in [1.807, 2.05) is 17.5 Å². The first kappa shape index (κ1) is 11.1. The topological polar surface area (TPSA) is 56.2 Å². The summed E-state index contributed by atoms with van der Waals surface area (Å²) >= 11 is 0. The first-order valence-electron chi connectivity index (χ1n) is 5.67. The van der Waals surface area contributed by atoms with E-state index in [2.05, 4.69) is 36.2 Å². The predicted molar refractivity (Wildman–Crippen MR) is 64.4 cm³/mol. The highest BCUT2D eigenvalue weighted by atomic mass is 15.2. The van der Waals surface area contributed by atoms with Crippen molar-refractivity contribution in [2.45, 2.75) is 39.2 Å². The smallest absolute Gasteiger partial charge is 0.161 e. The lowest BCUT2D eigenvalue weighted by Gasteiger charge is -2.06. The monoisotopic (exact) mass is 218 g/mol. The average molecular weight is 218 g/mol. The fraction of sp³-hybridized carbons (Fsp3) is 0.500. The van der Waals surface area contributed by atoms with Gasteiger partial charge in [-0.3, -0.25) is 4.40 Å². The van der Waals surface area contributed by atoms with E-state index in [-0.39, 0.29) is 6.04 Å². The van der Waals surface area contributed by atoms with Crippen LogP contribution in [0.4, 0.5) is 0 Å². The van der Waals surface area contributed by atoms with Gasteiger partial charge in [-0.1, -0.05) is 13.8 Å². The summed E-state index contributed by atoms with van der Waals surface area (Å²) in [5.74, 6) is 1.39. The highest BCUT2D eigenvalue weighted by Gasteiger charge is 2.09. The zero-order valence-corrected chi connectivity index (χ0v) is 10.0. The fourth-order valence-electron chi connectivity index (χ4n) is 1.84. The summed E-state index contributed by atoms with van der Waals surface area (Å²) in [6, 6.07) is 4.32. The van der Waals surface area contributed by atoms with Crippen molar-refractivity contribution < 1.29 is 0 Å². The van der Waals surface area contributed by atoms with Crippen LogP contribution in [0.15, 0.2) is 18.3 Å². The van der Waals surface area contributed by atoms with Crippen LogP contribution in [0.2, 0.25) is 0 Å². The van der Waals surface area contributed by atoms with Gasteiger partial charge in [0.2, 0.25) is 0 Å². The molecule has 2 aromatic rings. The minimum Gasteiger partial charge on any atom is -0.328 e. The first-order valence-corrected chi connectivity index (χ1v) is 5.67. The zero-order valence-electron chi connectivity index (χ0n) is 10.0. The summed E-state index contributed by atoms with van der Waals surface area (Å²) in [7, 11) is 0. The zero-order chi connectivity index (χ0) is 11.7. The van der Waals surface area contributed by atoms with Crippen molar-refractivity contribution >= 4 is 5.65 Å². The molecule has 2 aromatic heterocycles. The summed E-state index contributed by atoms with van der Waals surface area (Å²) < 4.78 is 2.04. The maximum Gasteiger partial charge on any atom is 0.161 e. The molecule has 2 heterocycles. The van der Waals surface area contributed by atoms with Gasteiger partial charge in [-0.25, -0.2) is 0 Å². The maximum atomic E-state index is 5.78. The van der Waals surface area contributed by atoms with Crippen molar-refractivity contribution in [3.8, 4) is 0 Å². The van der Waals surface area contributed by atoms with Crippen LogP contribution in [0.5, 0.6) is 0 Å². The van der Waals surface area contributed by atoms with E-state index in [1.54, 1.807) is 0 Å². The number of rotatable bonds is 3. The molecule has 0 spiro atoms. The second kappa shape index (κ2) is 4.22. The Labute approximate surface area is 95.5 Å². The van der Waals surface area contributed by atoms with Crippen molar-refractivity contribution in [1.82, 2.24) is 14.6 Å². The summed E-state index contributed by atoms with van der Waals surface area (Å²) in [4.78, 5) is 0. The Bertz CT molecular complexity index is 485. The summed E-state index contributed by atoms with van der Waals surface area (Å²) in [5, 5.41) is 8.38. The Balaban J connectivity index is 2.41. The van der Waals surface area contributed by atoms with Gasteiger partial charge >= 0.3 is 0 Å². The van der Waals surface area contributed by atoms with Crippen molar-refractivity contribution in [1.29, 1.82) is 0 Å². The highest BCUT2D eigenvalue weighted by Crippen LogP contribution is 2.15. The Morgan fingerprint density at radius 3 is 2.69 bits per heavy atom. The van der Waals surface area contributed by atoms with Crippen LogP contribution < -0.4 is 5.73 Å². The molecule has 1 atom stereocenters. The van der Waals surface area contributed by atoms with Crippen LogP contribution in [0.25, 0.3) is 5.65 Å². The Hall–Kier alpha value is -1.42. The summed E-state index contributed by atoms with van der Waals surface area (Å²) in [6.45, 7) is 6.24. The first-order chi connectivity index (χ1) is 7.58. The van der Waals surface area contributed by atoms with E-state index in [0.29, 0.717) is 5.92 Å². The molecule has 0 saturated heterocycles. The molecule has 0 aliphatic carbocycles. The third kappa shape index (κ3) is 2.07. The normalized spacial score (nSPS) is 13.6. The lowest BCUT2D eigenvalue weighted by molar-refractivity contribution is 0.735. The van der Waals surface area contributed by atoms with Gasteiger partial charge in [-0.15, -0.1) is 10.2 Å². The quantitative estimate of drug-likeness (QED) is 0.853. The molecule has 0 aliphatic rings. The number of fused-ring (bicyclic) bond motifs is 1. The maximum absolute atomic E-state index is 5.78. The number of aromatic nitrogens is 3. The van der Waals surface area contributed by atoms with Gasteiger partial charge in [0.05, 0.1) is 0 Å². The van der Waals surface area contributed by atoms with Crippen LogP contribution in [0, 0.1) is 0 Å². The fourth-order valence-corrected chi connectivity index (χ4v) is 1.84. The minimum atomic E-state index is 0.176. The number of nitrogens with two attached hydrogens (primary N) is 1. The third-order valence-corrected chi connectivity index (χ3v) is 2.57. The lowest BCUT2D eigenvalue weighted by atomic mass is 10.1. The Morgan fingerprint density at radius 2 is 2.06 bits per heavy atom. The Morgan fingerprint density at radius 1 is 1.31 bits per heavy atom. The number of hydrogen-bond acceptors (Lipinski definition) is 3. The van der Waals surface area contributed by atoms with E-state index >= 15 is 0 Å². The van der Waals surface area contributed by atoms with E-state index in [9.17, 15) is 0 Å². The van der Waals surface area contributed by atoms with Crippen LogP contribution >= 0.6 is 0 Å². The predicted octanol–water partition coefficient (Wildman–Crippen LogP) is 1.74. The van der Waals surface area contributed by atoms with Gasteiger partial charge in [0.15, 0.2) is 5.65 Å². The van der Waals surface area contributed by atoms with Crippen molar-refractivity contribution in [2.75, 3.05) is 0 Å². The van der Waals surface area contributed by atoms with Crippen LogP contribution in [0.1, 0.15) is 38.1 Å². The Kier molecular flexibility index (Phi) is 2.92. The largest absolute Gasteiger partial charge is 0.328 e. The van der Waals surface area contributed by atoms with Crippen LogP contribution in [-0.2, 0) is 6.42 Å². The van der Waals surface area contributed by atoms with Gasteiger partial charge in [0.1, 0.15) is 5.82 Å². The van der Waals surface area contributed by atoms with E-state index in [4.69, 9.17) is 5.73 Å². The average Bonchev–Trinajstić information content (AvgIpc) is 2.59. The number of pyridine rings is 1. The van der Waals surface area contributed by atoms with Crippen LogP contribution in [-0.4, -0.2) is 20.6 Å². The second-order valence-electron chi connectivity index (χ2n) is 4.66. The van der Waals surface area contributed by atoms with Gasteiger partial charge in [0.25, 0.3) is 0 Å². The standard InChI is InChI=1S/C12H18N4/c1-8(2)12-15-14-11-7-10(6-9(3)13)4-5-16(11)12/h4-5,7-9H,6,13H2,1-3H3. The molecule has 0 radical (unpaired) electrons. The molecule has 2 rings (SSSR count). The molecule has 0 aliphatic heterocycles. The molecule has 1 unspecified atom stereocenters. The van der Waals surface area contributed by atoms with Gasteiger partial charge in [-0.05, 0) is 31.0 Å². The lowest BCUT2D eigenvalue weighted by Crippen LogP contribution is -2.17. The molecule has 16 heavy (non-hydrogen) atoms. The summed E-state index contributed by atoms with van der Waals surface area (Å²) in [5.41, 5.74) is 7.90. The molecular formula is C12H18N4. The molecular weight excluding hydrogens is 200 g/mol. The third-order valence-electron chi connectivity index (χ3n) is 2.57. The van der Waals surface area contributed by atoms with E-state index < -0.39 is 0 Å². The molecule has 4 nitrogen and oxygen atoms in total. The molecule has 2 N–H and O–H groups in total. The molecule has 0 amide bonds. The van der Waals surface area contributed by atoms with Gasteiger partial charge in [-0.2, -0.15) is 0 Å². The second-order valence-corrected chi connectivity index (χ2v) is 4.66. The van der Waals surface area contributed by atoms with Crippen molar-refractivity contribution in [3.63, 3.8) is 0 Å². The molecule has 0 fully saturated rings. The SMILES string of the molecule is CC(N)Cc1ccn2c(C(C)C)nnc2c1. The highest BCUT2D eigenvalue weighted by molar-refractivity contribution is 5.41. The minimum absolute atomic E-state index is 0.176. The molecule has 4 heteroatoms. The molecule has 0 bridgehead atoms. The molecule has 0 aromatic carbocycles. The van der Waals surface area contributed by atoms with Gasteiger partial charge < -0.3 is 5.73 Å². The van der Waals surface area contributed by atoms with Crippen molar-refractivity contribution in [3.05, 3.63) is 29.7 Å². The number of hydrogen-bond donors (Lipinski definition) is 1. The van der Waals surface area contributed by atoms with Crippen molar-refractivity contribution in [2.24, 2.45) is 5.73 Å².